The molecule has 0 aliphatic carbocycles. The van der Waals surface area contributed by atoms with Gasteiger partial charge in [-0.2, -0.15) is 0 Å². The Bertz CT molecular complexity index is 672. The molecule has 1 saturated heterocycles. The highest BCUT2D eigenvalue weighted by Crippen LogP contribution is 2.22. The highest BCUT2D eigenvalue weighted by atomic mass is 19.1. The Morgan fingerprint density at radius 2 is 1.83 bits per heavy atom. The van der Waals surface area contributed by atoms with Crippen LogP contribution in [-0.2, 0) is 0 Å². The lowest BCUT2D eigenvalue weighted by Crippen LogP contribution is -2.30. The first-order chi connectivity index (χ1) is 11.6. The summed E-state index contributed by atoms with van der Waals surface area (Å²) in [6, 6.07) is 5.31. The molecule has 2 N–H and O–H groups in total. The number of nitrogens with one attached hydrogen (secondary N) is 1. The Morgan fingerprint density at radius 1 is 1.12 bits per heavy atom. The molecule has 2 aromatic rings. The molecule has 1 aliphatic rings. The zero-order valence-corrected chi connectivity index (χ0v) is 13.3. The molecule has 1 aromatic carbocycles. The number of aliphatic hydroxyl groups is 1. The van der Waals surface area contributed by atoms with E-state index in [4.69, 9.17) is 0 Å². The monoisotopic (exact) mass is 334 g/mol. The van der Waals surface area contributed by atoms with E-state index in [1.165, 1.54) is 18.8 Å². The third-order valence-electron chi connectivity index (χ3n) is 4.14. The highest BCUT2D eigenvalue weighted by Gasteiger charge is 2.18. The minimum absolute atomic E-state index is 0.0473. The standard InChI is InChI=1S/C17H20F2N4O/c18-12-5-4-6-13(19)17(12)14(24)10-20-15-9-16(22-11-21-15)23-7-2-1-3-8-23/h4-6,9,11,14,24H,1-3,7-8,10H2,(H,20,21,22). The second-order valence-electron chi connectivity index (χ2n) is 5.84. The predicted octanol–water partition coefficient (Wildman–Crippen LogP) is 2.89. The Morgan fingerprint density at radius 3 is 2.54 bits per heavy atom. The first-order valence-corrected chi connectivity index (χ1v) is 8.08. The van der Waals surface area contributed by atoms with E-state index in [-0.39, 0.29) is 12.1 Å². The minimum Gasteiger partial charge on any atom is -0.386 e. The summed E-state index contributed by atoms with van der Waals surface area (Å²) < 4.78 is 27.3. The molecule has 1 aromatic heterocycles. The van der Waals surface area contributed by atoms with Crippen LogP contribution in [-0.4, -0.2) is 34.7 Å². The molecule has 1 aliphatic heterocycles. The molecular weight excluding hydrogens is 314 g/mol. The van der Waals surface area contributed by atoms with E-state index in [2.05, 4.69) is 20.2 Å². The molecule has 2 heterocycles. The van der Waals surface area contributed by atoms with Crippen molar-refractivity contribution in [2.75, 3.05) is 29.9 Å². The topological polar surface area (TPSA) is 61.3 Å². The molecule has 24 heavy (non-hydrogen) atoms. The molecule has 0 spiro atoms. The van der Waals surface area contributed by atoms with Gasteiger partial charge in [0.2, 0.25) is 0 Å². The van der Waals surface area contributed by atoms with Gasteiger partial charge in [0.15, 0.2) is 0 Å². The van der Waals surface area contributed by atoms with Gasteiger partial charge in [-0.15, -0.1) is 0 Å². The first kappa shape index (κ1) is 16.6. The van der Waals surface area contributed by atoms with Gasteiger partial charge in [-0.25, -0.2) is 18.7 Å². The smallest absolute Gasteiger partial charge is 0.134 e. The van der Waals surface area contributed by atoms with E-state index < -0.39 is 17.7 Å². The second kappa shape index (κ2) is 7.53. The molecule has 1 unspecified atom stereocenters. The number of rotatable bonds is 5. The number of hydrogen-bond acceptors (Lipinski definition) is 5. The van der Waals surface area contributed by atoms with Crippen molar-refractivity contribution >= 4 is 11.6 Å². The average Bonchev–Trinajstić information content (AvgIpc) is 2.61. The largest absolute Gasteiger partial charge is 0.386 e. The SMILES string of the molecule is OC(CNc1cc(N2CCCCC2)ncn1)c1c(F)cccc1F. The summed E-state index contributed by atoms with van der Waals surface area (Å²) in [5, 5.41) is 13.0. The number of piperidine rings is 1. The maximum absolute atomic E-state index is 13.7. The fraction of sp³-hybridized carbons (Fsp3) is 0.412. The molecule has 0 bridgehead atoms. The van der Waals surface area contributed by atoms with E-state index in [9.17, 15) is 13.9 Å². The van der Waals surface area contributed by atoms with Crippen LogP contribution in [0, 0.1) is 11.6 Å². The molecule has 0 radical (unpaired) electrons. The van der Waals surface area contributed by atoms with Gasteiger partial charge in [0.05, 0.1) is 5.56 Å². The molecule has 1 fully saturated rings. The van der Waals surface area contributed by atoms with Crippen LogP contribution in [0.3, 0.4) is 0 Å². The Labute approximate surface area is 139 Å². The quantitative estimate of drug-likeness (QED) is 0.880. The summed E-state index contributed by atoms with van der Waals surface area (Å²) in [4.78, 5) is 10.5. The highest BCUT2D eigenvalue weighted by molar-refractivity contribution is 5.48. The van der Waals surface area contributed by atoms with Crippen LogP contribution in [0.25, 0.3) is 0 Å². The van der Waals surface area contributed by atoms with Crippen molar-refractivity contribution in [2.24, 2.45) is 0 Å². The molecule has 0 saturated carbocycles. The summed E-state index contributed by atoms with van der Waals surface area (Å²) in [5.41, 5.74) is -0.338. The zero-order chi connectivity index (χ0) is 16.9. The normalized spacial score (nSPS) is 16.0. The lowest BCUT2D eigenvalue weighted by atomic mass is 10.1. The molecule has 128 valence electrons. The summed E-state index contributed by atoms with van der Waals surface area (Å²) in [6.45, 7) is 1.87. The molecule has 7 heteroatoms. The number of aromatic nitrogens is 2. The van der Waals surface area contributed by atoms with Gasteiger partial charge in [0.25, 0.3) is 0 Å². The predicted molar refractivity (Wildman–Crippen MR) is 87.9 cm³/mol. The van der Waals surface area contributed by atoms with Gasteiger partial charge in [-0.05, 0) is 31.4 Å². The summed E-state index contributed by atoms with van der Waals surface area (Å²) >= 11 is 0. The Kier molecular flexibility index (Phi) is 5.20. The van der Waals surface area contributed by atoms with Crippen LogP contribution in [0.15, 0.2) is 30.6 Å². The molecule has 3 rings (SSSR count). The van der Waals surface area contributed by atoms with Crippen molar-refractivity contribution in [1.29, 1.82) is 0 Å². The fourth-order valence-corrected chi connectivity index (χ4v) is 2.87. The maximum atomic E-state index is 13.7. The van der Waals surface area contributed by atoms with E-state index in [1.807, 2.05) is 0 Å². The van der Waals surface area contributed by atoms with Crippen LogP contribution in [0.4, 0.5) is 20.4 Å². The fourth-order valence-electron chi connectivity index (χ4n) is 2.87. The van der Waals surface area contributed by atoms with E-state index in [0.717, 1.165) is 43.9 Å². The van der Waals surface area contributed by atoms with E-state index >= 15 is 0 Å². The van der Waals surface area contributed by atoms with Crippen LogP contribution >= 0.6 is 0 Å². The number of hydrogen-bond donors (Lipinski definition) is 2. The minimum atomic E-state index is -1.31. The zero-order valence-electron chi connectivity index (χ0n) is 13.3. The van der Waals surface area contributed by atoms with Crippen LogP contribution in [0.5, 0.6) is 0 Å². The molecule has 1 atom stereocenters. The number of nitrogens with zero attached hydrogens (tertiary/aromatic N) is 3. The Hall–Kier alpha value is -2.28. The van der Waals surface area contributed by atoms with Gasteiger partial charge >= 0.3 is 0 Å². The lowest BCUT2D eigenvalue weighted by molar-refractivity contribution is 0.181. The number of aliphatic hydroxyl groups excluding tert-OH is 1. The van der Waals surface area contributed by atoms with Crippen molar-refractivity contribution in [1.82, 2.24) is 9.97 Å². The number of halogens is 2. The van der Waals surface area contributed by atoms with Crippen molar-refractivity contribution in [3.63, 3.8) is 0 Å². The number of benzene rings is 1. The lowest BCUT2D eigenvalue weighted by Gasteiger charge is -2.27. The third kappa shape index (κ3) is 3.79. The Balaban J connectivity index is 1.66. The van der Waals surface area contributed by atoms with Crippen LogP contribution < -0.4 is 10.2 Å². The van der Waals surface area contributed by atoms with Crippen molar-refractivity contribution in [3.05, 3.63) is 47.8 Å². The molecule has 5 nitrogen and oxygen atoms in total. The summed E-state index contributed by atoms with van der Waals surface area (Å²) in [7, 11) is 0. The molecular formula is C17H20F2N4O. The second-order valence-corrected chi connectivity index (χ2v) is 5.84. The van der Waals surface area contributed by atoms with Crippen LogP contribution in [0.1, 0.15) is 30.9 Å². The van der Waals surface area contributed by atoms with Crippen LogP contribution in [0.2, 0.25) is 0 Å². The van der Waals surface area contributed by atoms with Gasteiger partial charge in [0.1, 0.15) is 35.7 Å². The van der Waals surface area contributed by atoms with Gasteiger partial charge in [-0.1, -0.05) is 6.07 Å². The third-order valence-corrected chi connectivity index (χ3v) is 4.14. The number of anilines is 2. The van der Waals surface area contributed by atoms with Crippen molar-refractivity contribution in [3.8, 4) is 0 Å². The van der Waals surface area contributed by atoms with E-state index in [1.54, 1.807) is 6.07 Å². The first-order valence-electron chi connectivity index (χ1n) is 8.08. The van der Waals surface area contributed by atoms with Gasteiger partial charge < -0.3 is 15.3 Å². The van der Waals surface area contributed by atoms with Gasteiger partial charge in [0, 0.05) is 25.7 Å². The summed E-state index contributed by atoms with van der Waals surface area (Å²) in [6.07, 6.45) is 3.64. The van der Waals surface area contributed by atoms with E-state index in [0.29, 0.717) is 5.82 Å². The van der Waals surface area contributed by atoms with Crippen molar-refractivity contribution in [2.45, 2.75) is 25.4 Å². The summed E-state index contributed by atoms with van der Waals surface area (Å²) in [5.74, 6) is -0.192. The maximum Gasteiger partial charge on any atom is 0.134 e. The van der Waals surface area contributed by atoms with Gasteiger partial charge in [-0.3, -0.25) is 0 Å². The van der Waals surface area contributed by atoms with Crippen molar-refractivity contribution < 1.29 is 13.9 Å². The molecule has 0 amide bonds. The average molecular weight is 334 g/mol.